The van der Waals surface area contributed by atoms with E-state index in [0.29, 0.717) is 6.61 Å². The van der Waals surface area contributed by atoms with Gasteiger partial charge in [-0.2, -0.15) is 0 Å². The van der Waals surface area contributed by atoms with Gasteiger partial charge in [0, 0.05) is 32.2 Å². The van der Waals surface area contributed by atoms with E-state index in [1.807, 2.05) is 6.07 Å². The van der Waals surface area contributed by atoms with E-state index in [9.17, 15) is 5.11 Å². The Morgan fingerprint density at radius 3 is 2.35 bits per heavy atom. The molecule has 202 valence electrons. The lowest BCUT2D eigenvalue weighted by Crippen LogP contribution is -2.47. The van der Waals surface area contributed by atoms with Gasteiger partial charge in [0.2, 0.25) is 0 Å². The number of piperazine rings is 1. The first-order valence-electron chi connectivity index (χ1n) is 13.1. The van der Waals surface area contributed by atoms with Crippen LogP contribution in [0.15, 0.2) is 60.7 Å². The van der Waals surface area contributed by atoms with Crippen molar-refractivity contribution in [2.75, 3.05) is 33.3 Å². The standard InChI is InChI=1S/C30H38N2O3.2ClH/c1-34-29-20-26(27(32-17-15-31-16-18-32)21-30(33)13-5-2-6-14-30)11-12-28(29)35-22-23-9-10-24-7-3-4-8-25(24)19-23;;/h3-4,7-12,19-20,27,31,33H,2,5-6,13-18,21-22H2,1H3;2*1H. The SMILES string of the molecule is COc1cc(C(CC2(O)CCCCC2)N2CCNCC2)ccc1OCc1ccc2ccccc2c1.Cl.Cl. The summed E-state index contributed by atoms with van der Waals surface area (Å²) in [5.74, 6) is 1.50. The van der Waals surface area contributed by atoms with Crippen LogP contribution in [0.1, 0.15) is 55.7 Å². The van der Waals surface area contributed by atoms with Gasteiger partial charge in [0.15, 0.2) is 11.5 Å². The van der Waals surface area contributed by atoms with Crippen LogP contribution in [-0.2, 0) is 6.61 Å². The maximum atomic E-state index is 11.4. The predicted octanol–water partition coefficient (Wildman–Crippen LogP) is 6.30. The van der Waals surface area contributed by atoms with Crippen LogP contribution in [0.25, 0.3) is 10.8 Å². The van der Waals surface area contributed by atoms with Gasteiger partial charge in [0.25, 0.3) is 0 Å². The molecule has 0 radical (unpaired) electrons. The molecule has 5 rings (SSSR count). The third-order valence-corrected chi connectivity index (χ3v) is 7.73. The summed E-state index contributed by atoms with van der Waals surface area (Å²) in [4.78, 5) is 2.52. The molecule has 1 saturated carbocycles. The van der Waals surface area contributed by atoms with Crippen LogP contribution >= 0.6 is 24.8 Å². The molecular weight excluding hydrogens is 507 g/mol. The number of halogens is 2. The number of hydrogen-bond donors (Lipinski definition) is 2. The molecular formula is C30H40Cl2N2O3. The first-order valence-corrected chi connectivity index (χ1v) is 13.1. The number of fused-ring (bicyclic) bond motifs is 1. The zero-order valence-electron chi connectivity index (χ0n) is 21.7. The van der Waals surface area contributed by atoms with Gasteiger partial charge >= 0.3 is 0 Å². The normalized spacial score (nSPS) is 18.3. The molecule has 7 heteroatoms. The van der Waals surface area contributed by atoms with Gasteiger partial charge in [-0.25, -0.2) is 0 Å². The first kappa shape index (κ1) is 29.5. The lowest BCUT2D eigenvalue weighted by Gasteiger charge is -2.41. The number of nitrogens with zero attached hydrogens (tertiary/aromatic N) is 1. The van der Waals surface area contributed by atoms with Crippen molar-refractivity contribution in [3.05, 3.63) is 71.8 Å². The van der Waals surface area contributed by atoms with Crippen molar-refractivity contribution in [2.45, 2.75) is 56.8 Å². The second kappa shape index (κ2) is 13.7. The maximum absolute atomic E-state index is 11.4. The molecule has 37 heavy (non-hydrogen) atoms. The molecule has 1 saturated heterocycles. The van der Waals surface area contributed by atoms with Crippen molar-refractivity contribution in [3.8, 4) is 11.5 Å². The molecule has 0 bridgehead atoms. The Bertz CT molecular complexity index is 1130. The van der Waals surface area contributed by atoms with Crippen molar-refractivity contribution in [2.24, 2.45) is 0 Å². The van der Waals surface area contributed by atoms with E-state index in [2.05, 4.69) is 64.8 Å². The second-order valence-electron chi connectivity index (χ2n) is 10.2. The van der Waals surface area contributed by atoms with Crippen LogP contribution in [0, 0.1) is 0 Å². The number of rotatable bonds is 8. The summed E-state index contributed by atoms with van der Waals surface area (Å²) in [6.07, 6.45) is 6.05. The molecule has 0 aromatic heterocycles. The third kappa shape index (κ3) is 7.30. The molecule has 0 amide bonds. The summed E-state index contributed by atoms with van der Waals surface area (Å²) >= 11 is 0. The smallest absolute Gasteiger partial charge is 0.161 e. The molecule has 1 aliphatic heterocycles. The first-order chi connectivity index (χ1) is 17.1. The van der Waals surface area contributed by atoms with Crippen molar-refractivity contribution >= 4 is 35.6 Å². The summed E-state index contributed by atoms with van der Waals surface area (Å²) < 4.78 is 12.0. The molecule has 1 atom stereocenters. The van der Waals surface area contributed by atoms with E-state index in [-0.39, 0.29) is 30.9 Å². The van der Waals surface area contributed by atoms with Crippen molar-refractivity contribution in [1.82, 2.24) is 10.2 Å². The molecule has 1 aliphatic carbocycles. The Morgan fingerprint density at radius 2 is 1.62 bits per heavy atom. The quantitative estimate of drug-likeness (QED) is 0.347. The Morgan fingerprint density at radius 1 is 0.892 bits per heavy atom. The van der Waals surface area contributed by atoms with Gasteiger partial charge in [-0.1, -0.05) is 61.7 Å². The van der Waals surface area contributed by atoms with Crippen LogP contribution in [-0.4, -0.2) is 48.9 Å². The molecule has 5 nitrogen and oxygen atoms in total. The van der Waals surface area contributed by atoms with Crippen LogP contribution < -0.4 is 14.8 Å². The zero-order chi connectivity index (χ0) is 24.1. The fourth-order valence-electron chi connectivity index (χ4n) is 5.73. The number of benzene rings is 3. The summed E-state index contributed by atoms with van der Waals surface area (Å²) in [6, 6.07) is 21.3. The molecule has 0 spiro atoms. The lowest BCUT2D eigenvalue weighted by atomic mass is 9.78. The van der Waals surface area contributed by atoms with E-state index >= 15 is 0 Å². The summed E-state index contributed by atoms with van der Waals surface area (Å²) in [7, 11) is 1.70. The molecule has 1 heterocycles. The van der Waals surface area contributed by atoms with Crippen LogP contribution in [0.5, 0.6) is 11.5 Å². The Balaban J connectivity index is 0.00000190. The van der Waals surface area contributed by atoms with E-state index in [1.54, 1.807) is 7.11 Å². The third-order valence-electron chi connectivity index (χ3n) is 7.73. The number of ether oxygens (including phenoxy) is 2. The summed E-state index contributed by atoms with van der Waals surface area (Å²) in [5, 5.41) is 17.3. The molecule has 3 aromatic rings. The lowest BCUT2D eigenvalue weighted by molar-refractivity contribution is -0.0296. The molecule has 2 N–H and O–H groups in total. The van der Waals surface area contributed by atoms with Crippen molar-refractivity contribution in [3.63, 3.8) is 0 Å². The zero-order valence-corrected chi connectivity index (χ0v) is 23.3. The van der Waals surface area contributed by atoms with Gasteiger partial charge in [-0.05, 0) is 59.4 Å². The van der Waals surface area contributed by atoms with Crippen molar-refractivity contribution < 1.29 is 14.6 Å². The largest absolute Gasteiger partial charge is 0.493 e. The van der Waals surface area contributed by atoms with E-state index < -0.39 is 5.60 Å². The monoisotopic (exact) mass is 546 g/mol. The highest BCUT2D eigenvalue weighted by Crippen LogP contribution is 2.40. The highest BCUT2D eigenvalue weighted by molar-refractivity contribution is 5.85. The highest BCUT2D eigenvalue weighted by atomic mass is 35.5. The van der Waals surface area contributed by atoms with E-state index in [4.69, 9.17) is 9.47 Å². The van der Waals surface area contributed by atoms with Crippen LogP contribution in [0.3, 0.4) is 0 Å². The minimum atomic E-state index is -0.577. The van der Waals surface area contributed by atoms with Gasteiger partial charge in [-0.3, -0.25) is 4.90 Å². The number of hydrogen-bond acceptors (Lipinski definition) is 5. The fraction of sp³-hybridized carbons (Fsp3) is 0.467. The average Bonchev–Trinajstić information content (AvgIpc) is 2.91. The van der Waals surface area contributed by atoms with E-state index in [1.165, 1.54) is 22.8 Å². The van der Waals surface area contributed by atoms with Gasteiger partial charge < -0.3 is 19.9 Å². The second-order valence-corrected chi connectivity index (χ2v) is 10.2. The molecule has 2 aliphatic rings. The Labute approximate surface area is 233 Å². The predicted molar refractivity (Wildman–Crippen MR) is 156 cm³/mol. The molecule has 3 aromatic carbocycles. The summed E-state index contributed by atoms with van der Waals surface area (Å²) in [5.41, 5.74) is 1.75. The van der Waals surface area contributed by atoms with Crippen LogP contribution in [0.2, 0.25) is 0 Å². The minimum absolute atomic E-state index is 0. The maximum Gasteiger partial charge on any atom is 0.161 e. The van der Waals surface area contributed by atoms with Gasteiger partial charge in [0.1, 0.15) is 6.61 Å². The summed E-state index contributed by atoms with van der Waals surface area (Å²) in [6.45, 7) is 4.44. The van der Waals surface area contributed by atoms with Gasteiger partial charge in [0.05, 0.1) is 12.7 Å². The molecule has 1 unspecified atom stereocenters. The van der Waals surface area contributed by atoms with E-state index in [0.717, 1.165) is 75.3 Å². The highest BCUT2D eigenvalue weighted by Gasteiger charge is 2.35. The topological polar surface area (TPSA) is 54.0 Å². The number of nitrogens with one attached hydrogen (secondary N) is 1. The fourth-order valence-corrected chi connectivity index (χ4v) is 5.73. The molecule has 2 fully saturated rings. The van der Waals surface area contributed by atoms with Gasteiger partial charge in [-0.15, -0.1) is 24.8 Å². The minimum Gasteiger partial charge on any atom is -0.493 e. The number of aliphatic hydroxyl groups is 1. The van der Waals surface area contributed by atoms with Crippen molar-refractivity contribution in [1.29, 1.82) is 0 Å². The average molecular weight is 548 g/mol. The Kier molecular flexibility index (Phi) is 10.9. The number of methoxy groups -OCH3 is 1. The Hall–Kier alpha value is -2.02. The van der Waals surface area contributed by atoms with Crippen LogP contribution in [0.4, 0.5) is 0 Å².